The van der Waals surface area contributed by atoms with Crippen molar-refractivity contribution < 1.29 is 27.0 Å². The number of H-pyrrole nitrogens is 2. The molecular formula is C34H19FeN8O2. The Hall–Kier alpha value is -5.77. The monoisotopic (exact) mass is 627 g/mol. The van der Waals surface area contributed by atoms with Gasteiger partial charge in [0, 0.05) is 60.9 Å². The number of hydrogen-bond donors (Lipinski definition) is 3. The first kappa shape index (κ1) is 26.8. The zero-order chi connectivity index (χ0) is 29.4. The van der Waals surface area contributed by atoms with E-state index >= 15 is 0 Å². The number of rotatable bonds is 2. The normalized spacial score (nSPS) is 11.6. The van der Waals surface area contributed by atoms with Crippen molar-refractivity contribution in [2.24, 2.45) is 0 Å². The Bertz CT molecular complexity index is 2530. The van der Waals surface area contributed by atoms with E-state index in [2.05, 4.69) is 9.97 Å². The van der Waals surface area contributed by atoms with Gasteiger partial charge in [-0.25, -0.2) is 29.9 Å². The topological polar surface area (TPSA) is 146 Å². The average Bonchev–Trinajstić information content (AvgIpc) is 3.77. The molecule has 11 heteroatoms. The average molecular weight is 627 g/mol. The minimum Gasteiger partial charge on any atom is -0.481 e. The number of nitrogens with zero attached hydrogens (tertiary/aromatic N) is 6. The number of hydrogen-bond acceptors (Lipinski definition) is 7. The fourth-order valence-electron chi connectivity index (χ4n) is 5.97. The third-order valence-corrected chi connectivity index (χ3v) is 7.89. The van der Waals surface area contributed by atoms with Gasteiger partial charge in [0.25, 0.3) is 0 Å². The van der Waals surface area contributed by atoms with Crippen LogP contribution < -0.4 is 0 Å². The number of carboxylic acid groups (broad SMARTS) is 1. The predicted molar refractivity (Wildman–Crippen MR) is 167 cm³/mol. The molecule has 0 fully saturated rings. The van der Waals surface area contributed by atoms with Crippen LogP contribution in [0.25, 0.3) is 89.7 Å². The van der Waals surface area contributed by atoms with Gasteiger partial charge >= 0.3 is 5.97 Å². The first-order valence-electron chi connectivity index (χ1n) is 13.9. The van der Waals surface area contributed by atoms with Crippen molar-refractivity contribution in [1.82, 2.24) is 39.9 Å². The fourth-order valence-corrected chi connectivity index (χ4v) is 5.97. The first-order valence-corrected chi connectivity index (χ1v) is 13.9. The second-order valence-electron chi connectivity index (χ2n) is 10.5. The maximum atomic E-state index is 11.8. The Morgan fingerprint density at radius 2 is 0.911 bits per heavy atom. The van der Waals surface area contributed by atoms with E-state index in [4.69, 9.17) is 29.9 Å². The Kier molecular flexibility index (Phi) is 6.05. The van der Waals surface area contributed by atoms with Gasteiger partial charge in [-0.15, -0.1) is 0 Å². The summed E-state index contributed by atoms with van der Waals surface area (Å²) in [6.45, 7) is 0. The molecule has 0 saturated heterocycles. The molecule has 0 aliphatic carbocycles. The van der Waals surface area contributed by atoms with Crippen LogP contribution in [0.1, 0.15) is 5.56 Å². The molecule has 0 spiro atoms. The molecule has 10 nitrogen and oxygen atoms in total. The molecule has 1 radical (unpaired) electrons. The van der Waals surface area contributed by atoms with Crippen LogP contribution in [0.5, 0.6) is 0 Å². The van der Waals surface area contributed by atoms with Crippen molar-refractivity contribution in [3.63, 3.8) is 0 Å². The summed E-state index contributed by atoms with van der Waals surface area (Å²) in [6.07, 6.45) is 1.17. The number of aromatic amines is 2. The van der Waals surface area contributed by atoms with Crippen molar-refractivity contribution >= 4 is 50.1 Å². The largest absolute Gasteiger partial charge is 0.481 e. The van der Waals surface area contributed by atoms with Crippen LogP contribution in [0.15, 0.2) is 91.0 Å². The van der Waals surface area contributed by atoms with Crippen LogP contribution in [-0.4, -0.2) is 50.9 Å². The van der Waals surface area contributed by atoms with Crippen molar-refractivity contribution in [3.05, 3.63) is 103 Å². The van der Waals surface area contributed by atoms with Crippen molar-refractivity contribution in [2.75, 3.05) is 0 Å². The second kappa shape index (κ2) is 10.2. The SMILES string of the molecule is O=C(O)[CH]c1cccc2c3nc4nc(nc5[nH]c(nc6nc(nc([nH]3)c12)-c1ccccc1-6)c1ccccc51)-c1ccccc1-4.[Fe]. The van der Waals surface area contributed by atoms with Crippen LogP contribution in [-0.2, 0) is 21.9 Å². The Balaban J connectivity index is 0.00000300. The molecule has 3 aromatic heterocycles. The molecule has 0 saturated carbocycles. The maximum Gasteiger partial charge on any atom is 0.312 e. The van der Waals surface area contributed by atoms with E-state index in [0.29, 0.717) is 62.2 Å². The molecule has 7 aromatic rings. The molecule has 0 amide bonds. The Labute approximate surface area is 264 Å². The molecule has 215 valence electrons. The van der Waals surface area contributed by atoms with Gasteiger partial charge in [-0.1, -0.05) is 91.0 Å². The Morgan fingerprint density at radius 1 is 0.511 bits per heavy atom. The molecule has 2 aliphatic rings. The van der Waals surface area contributed by atoms with Gasteiger partial charge in [0.2, 0.25) is 0 Å². The molecular weight excluding hydrogens is 608 g/mol. The fraction of sp³-hybridized carbons (Fsp3) is 0. The number of nitrogens with one attached hydrogen (secondary N) is 2. The summed E-state index contributed by atoms with van der Waals surface area (Å²) in [5.41, 5.74) is 5.99. The number of aliphatic carboxylic acids is 1. The van der Waals surface area contributed by atoms with E-state index in [1.807, 2.05) is 78.9 Å². The molecule has 5 heterocycles. The van der Waals surface area contributed by atoms with Crippen LogP contribution in [0.4, 0.5) is 0 Å². The molecule has 45 heavy (non-hydrogen) atoms. The van der Waals surface area contributed by atoms with E-state index in [1.165, 1.54) is 6.42 Å². The summed E-state index contributed by atoms with van der Waals surface area (Å²) < 4.78 is 0. The number of fused-ring (bicyclic) bond motifs is 20. The van der Waals surface area contributed by atoms with Gasteiger partial charge in [0.1, 0.15) is 22.6 Å². The van der Waals surface area contributed by atoms with Gasteiger partial charge < -0.3 is 15.1 Å². The van der Waals surface area contributed by atoms with Crippen LogP contribution in [0, 0.1) is 6.42 Å². The standard InChI is InChI=1S/C34H19N8O2.Fe/c43-25(44)16-17-8-7-15-24-26(17)34-41-32-23-14-6-5-13-22(23)30(39-32)37-28-19-10-2-1-9-18(19)27(35-28)36-29-20-11-3-4-12-21(20)31(38-29)40-33(24)42-34;/h1-16H,(H,43,44)(H2,35,36,37,38,39,40,41,42);. The summed E-state index contributed by atoms with van der Waals surface area (Å²) >= 11 is 0. The van der Waals surface area contributed by atoms with Crippen LogP contribution in [0.3, 0.4) is 0 Å². The maximum absolute atomic E-state index is 11.8. The summed E-state index contributed by atoms with van der Waals surface area (Å²) in [4.78, 5) is 48.2. The third-order valence-electron chi connectivity index (χ3n) is 7.89. The molecule has 4 aromatic carbocycles. The van der Waals surface area contributed by atoms with Gasteiger partial charge in [0.05, 0.1) is 6.42 Å². The summed E-state index contributed by atoms with van der Waals surface area (Å²) in [5.74, 6) is 0.888. The molecule has 0 unspecified atom stereocenters. The van der Waals surface area contributed by atoms with Gasteiger partial charge in [-0.2, -0.15) is 0 Å². The van der Waals surface area contributed by atoms with Crippen LogP contribution in [0.2, 0.25) is 0 Å². The van der Waals surface area contributed by atoms with E-state index in [9.17, 15) is 9.90 Å². The van der Waals surface area contributed by atoms with E-state index in [0.717, 1.165) is 33.0 Å². The molecule has 3 N–H and O–H groups in total. The van der Waals surface area contributed by atoms with Crippen molar-refractivity contribution in [1.29, 1.82) is 0 Å². The number of aromatic nitrogens is 8. The third kappa shape index (κ3) is 4.21. The molecule has 0 atom stereocenters. The molecule has 9 rings (SSSR count). The van der Waals surface area contributed by atoms with Gasteiger partial charge in [-0.3, -0.25) is 4.79 Å². The summed E-state index contributed by atoms with van der Waals surface area (Å²) in [7, 11) is 0. The molecule has 2 aliphatic heterocycles. The zero-order valence-electron chi connectivity index (χ0n) is 23.1. The quantitative estimate of drug-likeness (QED) is 0.184. The number of benzene rings is 4. The molecule has 8 bridgehead atoms. The first-order chi connectivity index (χ1) is 21.6. The number of carbonyl (C=O) groups is 1. The Morgan fingerprint density at radius 3 is 1.40 bits per heavy atom. The van der Waals surface area contributed by atoms with Gasteiger partial charge in [0.15, 0.2) is 23.3 Å². The number of carboxylic acids is 1. The zero-order valence-corrected chi connectivity index (χ0v) is 24.2. The van der Waals surface area contributed by atoms with Crippen LogP contribution >= 0.6 is 0 Å². The summed E-state index contributed by atoms with van der Waals surface area (Å²) in [5, 5.41) is 12.8. The van der Waals surface area contributed by atoms with Crippen molar-refractivity contribution in [3.8, 4) is 45.6 Å². The van der Waals surface area contributed by atoms with Crippen molar-refractivity contribution in [2.45, 2.75) is 0 Å². The smallest absolute Gasteiger partial charge is 0.312 e. The summed E-state index contributed by atoms with van der Waals surface area (Å²) in [6, 6.07) is 29.0. The van der Waals surface area contributed by atoms with Gasteiger partial charge in [-0.05, 0) is 5.56 Å². The van der Waals surface area contributed by atoms with E-state index in [1.54, 1.807) is 12.1 Å². The van der Waals surface area contributed by atoms with E-state index < -0.39 is 5.97 Å². The minimum absolute atomic E-state index is 0. The van der Waals surface area contributed by atoms with E-state index in [-0.39, 0.29) is 17.1 Å². The second-order valence-corrected chi connectivity index (χ2v) is 10.5. The predicted octanol–water partition coefficient (Wildman–Crippen LogP) is 6.50. The minimum atomic E-state index is -1.06.